The third-order valence-electron chi connectivity index (χ3n) is 2.79. The number of benzene rings is 1. The zero-order valence-electron chi connectivity index (χ0n) is 11.5. The monoisotopic (exact) mass is 287 g/mol. The van der Waals surface area contributed by atoms with E-state index in [9.17, 15) is 13.5 Å². The summed E-state index contributed by atoms with van der Waals surface area (Å²) in [7, 11) is -4.15. The largest absolute Gasteiger partial charge is 0.390 e. The van der Waals surface area contributed by atoms with Gasteiger partial charge in [0.05, 0.1) is 6.10 Å². The summed E-state index contributed by atoms with van der Waals surface area (Å²) in [4.78, 5) is 1.88. The summed E-state index contributed by atoms with van der Waals surface area (Å²) in [5.41, 5.74) is 3.16. The maximum absolute atomic E-state index is 10.7. The van der Waals surface area contributed by atoms with Crippen LogP contribution in [0.5, 0.6) is 0 Å². The molecule has 1 rings (SSSR count). The maximum Gasteiger partial charge on any atom is 0.267 e. The van der Waals surface area contributed by atoms with Gasteiger partial charge in [-0.2, -0.15) is 8.42 Å². The number of hydrogen-bond donors (Lipinski definition) is 2. The molecule has 1 unspecified atom stereocenters. The van der Waals surface area contributed by atoms with E-state index in [1.54, 1.807) is 0 Å². The van der Waals surface area contributed by atoms with E-state index in [4.69, 9.17) is 4.55 Å². The molecule has 1 atom stereocenters. The van der Waals surface area contributed by atoms with Crippen LogP contribution >= 0.6 is 0 Å². The second-order valence-corrected chi connectivity index (χ2v) is 6.28. The molecule has 0 radical (unpaired) electrons. The van der Waals surface area contributed by atoms with Gasteiger partial charge in [0.2, 0.25) is 0 Å². The Kier molecular flexibility index (Phi) is 5.34. The molecule has 2 N–H and O–H groups in total. The van der Waals surface area contributed by atoms with Crippen molar-refractivity contribution in [2.24, 2.45) is 0 Å². The zero-order valence-corrected chi connectivity index (χ0v) is 12.3. The highest BCUT2D eigenvalue weighted by Gasteiger charge is 2.17. The summed E-state index contributed by atoms with van der Waals surface area (Å²) in [5, 5.41) is 9.71. The highest BCUT2D eigenvalue weighted by atomic mass is 32.2. The molecule has 1 aromatic carbocycles. The lowest BCUT2D eigenvalue weighted by Crippen LogP contribution is -2.36. The molecule has 0 amide bonds. The molecule has 1 aromatic rings. The Morgan fingerprint density at radius 1 is 1.21 bits per heavy atom. The van der Waals surface area contributed by atoms with E-state index in [0.29, 0.717) is 6.54 Å². The SMILES string of the molecule is CCN(CC(O)CS(=O)(=O)O)c1cc(C)cc(C)c1. The Morgan fingerprint density at radius 2 is 1.74 bits per heavy atom. The van der Waals surface area contributed by atoms with Crippen LogP contribution in [0.3, 0.4) is 0 Å². The summed E-state index contributed by atoms with van der Waals surface area (Å²) < 4.78 is 30.2. The summed E-state index contributed by atoms with van der Waals surface area (Å²) in [5.74, 6) is -0.645. The molecule has 0 fully saturated rings. The first-order valence-electron chi connectivity index (χ1n) is 6.17. The standard InChI is InChI=1S/C13H21NO4S/c1-4-14(8-13(15)9-19(16,17)18)12-6-10(2)5-11(3)7-12/h5-7,13,15H,4,8-9H2,1-3H3,(H,16,17,18). The maximum atomic E-state index is 10.7. The van der Waals surface area contributed by atoms with Crippen LogP contribution in [0.25, 0.3) is 0 Å². The number of rotatable bonds is 6. The molecule has 6 heteroatoms. The fraction of sp³-hybridized carbons (Fsp3) is 0.538. The van der Waals surface area contributed by atoms with Crippen molar-refractivity contribution in [3.8, 4) is 0 Å². The Hall–Kier alpha value is -1.11. The highest BCUT2D eigenvalue weighted by Crippen LogP contribution is 2.19. The average molecular weight is 287 g/mol. The third kappa shape index (κ3) is 5.59. The van der Waals surface area contributed by atoms with Crippen molar-refractivity contribution in [1.82, 2.24) is 0 Å². The highest BCUT2D eigenvalue weighted by molar-refractivity contribution is 7.85. The van der Waals surface area contributed by atoms with Gasteiger partial charge in [-0.15, -0.1) is 0 Å². The molecule has 5 nitrogen and oxygen atoms in total. The molecular formula is C13H21NO4S. The van der Waals surface area contributed by atoms with Gasteiger partial charge >= 0.3 is 0 Å². The number of aliphatic hydroxyl groups is 1. The molecule has 0 spiro atoms. The molecule has 108 valence electrons. The number of aryl methyl sites for hydroxylation is 2. The van der Waals surface area contributed by atoms with Crippen molar-refractivity contribution in [1.29, 1.82) is 0 Å². The van der Waals surface area contributed by atoms with Crippen molar-refractivity contribution in [2.75, 3.05) is 23.7 Å². The minimum atomic E-state index is -4.15. The van der Waals surface area contributed by atoms with Crippen molar-refractivity contribution < 1.29 is 18.1 Å². The summed E-state index contributed by atoms with van der Waals surface area (Å²) in [6, 6.07) is 6.01. The first-order valence-corrected chi connectivity index (χ1v) is 7.78. The minimum absolute atomic E-state index is 0.166. The Labute approximate surface area is 114 Å². The molecule has 0 aromatic heterocycles. The van der Waals surface area contributed by atoms with Gasteiger partial charge < -0.3 is 10.0 Å². The molecule has 0 aliphatic heterocycles. The number of anilines is 1. The predicted molar refractivity (Wildman–Crippen MR) is 76.2 cm³/mol. The quantitative estimate of drug-likeness (QED) is 0.773. The van der Waals surface area contributed by atoms with Crippen LogP contribution in [0, 0.1) is 13.8 Å². The molecule has 0 heterocycles. The number of likely N-dealkylation sites (N-methyl/N-ethyl adjacent to an activating group) is 1. The smallest absolute Gasteiger partial charge is 0.267 e. The van der Waals surface area contributed by atoms with E-state index >= 15 is 0 Å². The second kappa shape index (κ2) is 6.36. The number of hydrogen-bond acceptors (Lipinski definition) is 4. The van der Waals surface area contributed by atoms with Crippen LogP contribution in [0.4, 0.5) is 5.69 Å². The normalized spacial score (nSPS) is 13.3. The Morgan fingerprint density at radius 3 is 2.16 bits per heavy atom. The fourth-order valence-electron chi connectivity index (χ4n) is 2.10. The van der Waals surface area contributed by atoms with Crippen LogP contribution < -0.4 is 4.90 Å². The van der Waals surface area contributed by atoms with Crippen LogP contribution in [-0.2, 0) is 10.1 Å². The summed E-state index contributed by atoms with van der Waals surface area (Å²) in [6.45, 7) is 6.71. The third-order valence-corrected chi connectivity index (χ3v) is 3.59. The zero-order chi connectivity index (χ0) is 14.6. The van der Waals surface area contributed by atoms with Gasteiger partial charge in [0.25, 0.3) is 10.1 Å². The second-order valence-electron chi connectivity index (χ2n) is 4.79. The van der Waals surface area contributed by atoms with Crippen LogP contribution in [0.2, 0.25) is 0 Å². The van der Waals surface area contributed by atoms with Gasteiger partial charge in [-0.3, -0.25) is 4.55 Å². The molecular weight excluding hydrogens is 266 g/mol. The lowest BCUT2D eigenvalue weighted by molar-refractivity contribution is 0.200. The van der Waals surface area contributed by atoms with Crippen LogP contribution in [0.15, 0.2) is 18.2 Å². The molecule has 0 aliphatic rings. The van der Waals surface area contributed by atoms with Gasteiger partial charge in [0, 0.05) is 18.8 Å². The lowest BCUT2D eigenvalue weighted by Gasteiger charge is -2.26. The first-order chi connectivity index (χ1) is 8.71. The number of nitrogens with zero attached hydrogens (tertiary/aromatic N) is 1. The van der Waals surface area contributed by atoms with Crippen molar-refractivity contribution in [2.45, 2.75) is 26.9 Å². The Bertz CT molecular complexity index is 507. The van der Waals surface area contributed by atoms with Gasteiger partial charge in [0.1, 0.15) is 5.75 Å². The molecule has 0 aliphatic carbocycles. The number of aliphatic hydroxyl groups excluding tert-OH is 1. The van der Waals surface area contributed by atoms with E-state index in [-0.39, 0.29) is 6.54 Å². The molecule has 19 heavy (non-hydrogen) atoms. The van der Waals surface area contributed by atoms with Crippen molar-refractivity contribution >= 4 is 15.8 Å². The topological polar surface area (TPSA) is 77.8 Å². The van der Waals surface area contributed by atoms with Gasteiger partial charge in [-0.05, 0) is 44.0 Å². The van der Waals surface area contributed by atoms with E-state index in [1.807, 2.05) is 43.9 Å². The predicted octanol–water partition coefficient (Wildman–Crippen LogP) is 1.38. The van der Waals surface area contributed by atoms with E-state index in [1.165, 1.54) is 0 Å². The lowest BCUT2D eigenvalue weighted by atomic mass is 10.1. The Balaban J connectivity index is 2.83. The first kappa shape index (κ1) is 15.9. The van der Waals surface area contributed by atoms with Crippen LogP contribution in [-0.4, -0.2) is 43.0 Å². The van der Waals surface area contributed by atoms with Gasteiger partial charge in [0.15, 0.2) is 0 Å². The van der Waals surface area contributed by atoms with E-state index in [0.717, 1.165) is 16.8 Å². The molecule has 0 bridgehead atoms. The van der Waals surface area contributed by atoms with Gasteiger partial charge in [-0.25, -0.2) is 0 Å². The average Bonchev–Trinajstić information content (AvgIpc) is 2.21. The van der Waals surface area contributed by atoms with E-state index < -0.39 is 22.0 Å². The summed E-state index contributed by atoms with van der Waals surface area (Å²) in [6.07, 6.45) is -1.12. The van der Waals surface area contributed by atoms with Crippen LogP contribution in [0.1, 0.15) is 18.1 Å². The molecule has 0 saturated heterocycles. The van der Waals surface area contributed by atoms with Crippen molar-refractivity contribution in [3.05, 3.63) is 29.3 Å². The fourth-order valence-corrected chi connectivity index (χ4v) is 2.69. The van der Waals surface area contributed by atoms with E-state index in [2.05, 4.69) is 0 Å². The summed E-state index contributed by atoms with van der Waals surface area (Å²) >= 11 is 0. The van der Waals surface area contributed by atoms with Gasteiger partial charge in [-0.1, -0.05) is 6.07 Å². The van der Waals surface area contributed by atoms with Crippen molar-refractivity contribution in [3.63, 3.8) is 0 Å². The minimum Gasteiger partial charge on any atom is -0.390 e. The molecule has 0 saturated carbocycles.